The molecule has 1 fully saturated rings. The predicted molar refractivity (Wildman–Crippen MR) is 117 cm³/mol. The summed E-state index contributed by atoms with van der Waals surface area (Å²) in [4.78, 5) is 21.5. The average molecular weight is 426 g/mol. The molecular formula is C22H27N5O2S. The molecule has 1 amide bonds. The van der Waals surface area contributed by atoms with Gasteiger partial charge in [-0.1, -0.05) is 29.1 Å². The zero-order chi connectivity index (χ0) is 21.1. The second kappa shape index (κ2) is 9.06. The van der Waals surface area contributed by atoms with Crippen LogP contribution in [0.4, 0.5) is 0 Å². The van der Waals surface area contributed by atoms with E-state index < -0.39 is 0 Å². The Balaban J connectivity index is 1.31. The molecule has 0 unspecified atom stereocenters. The van der Waals surface area contributed by atoms with E-state index in [4.69, 9.17) is 4.52 Å². The molecule has 0 saturated carbocycles. The predicted octanol–water partition coefficient (Wildman–Crippen LogP) is 3.22. The average Bonchev–Trinajstić information content (AvgIpc) is 3.37. The maximum atomic E-state index is 12.8. The fourth-order valence-corrected chi connectivity index (χ4v) is 4.51. The van der Waals surface area contributed by atoms with E-state index in [1.807, 2.05) is 24.1 Å². The summed E-state index contributed by atoms with van der Waals surface area (Å²) >= 11 is 1.49. The first kappa shape index (κ1) is 20.7. The number of piperazine rings is 1. The molecule has 2 aromatic heterocycles. The summed E-state index contributed by atoms with van der Waals surface area (Å²) in [5.74, 6) is 1.43. The second-order valence-corrected chi connectivity index (χ2v) is 8.69. The van der Waals surface area contributed by atoms with Crippen LogP contribution in [0.1, 0.15) is 22.6 Å². The van der Waals surface area contributed by atoms with Gasteiger partial charge in [0, 0.05) is 44.6 Å². The Kier molecular flexibility index (Phi) is 6.24. The monoisotopic (exact) mass is 425 g/mol. The van der Waals surface area contributed by atoms with E-state index in [1.54, 1.807) is 6.20 Å². The summed E-state index contributed by atoms with van der Waals surface area (Å²) in [7, 11) is 0. The molecule has 158 valence electrons. The second-order valence-electron chi connectivity index (χ2n) is 7.75. The van der Waals surface area contributed by atoms with Crippen LogP contribution in [0.25, 0.3) is 5.69 Å². The molecular weight excluding hydrogens is 398 g/mol. The van der Waals surface area contributed by atoms with Gasteiger partial charge in [-0.05, 0) is 38.0 Å². The van der Waals surface area contributed by atoms with Gasteiger partial charge < -0.3 is 9.42 Å². The normalized spacial score (nSPS) is 15.0. The Hall–Kier alpha value is -2.58. The molecule has 4 rings (SSSR count). The molecule has 3 aromatic rings. The lowest BCUT2D eigenvalue weighted by Crippen LogP contribution is -2.48. The molecule has 7 nitrogen and oxygen atoms in total. The number of rotatable bonds is 6. The first-order valence-electron chi connectivity index (χ1n) is 10.2. The van der Waals surface area contributed by atoms with E-state index in [0.717, 1.165) is 55.0 Å². The Labute approximate surface area is 181 Å². The van der Waals surface area contributed by atoms with E-state index in [0.29, 0.717) is 5.75 Å². The van der Waals surface area contributed by atoms with Crippen molar-refractivity contribution in [2.24, 2.45) is 0 Å². The van der Waals surface area contributed by atoms with Crippen LogP contribution in [0.2, 0.25) is 0 Å². The molecule has 3 heterocycles. The van der Waals surface area contributed by atoms with Crippen molar-refractivity contribution in [1.82, 2.24) is 24.5 Å². The number of thioether (sulfide) groups is 1. The number of hydrogen-bond donors (Lipinski definition) is 0. The highest BCUT2D eigenvalue weighted by Crippen LogP contribution is 2.24. The molecule has 0 N–H and O–H groups in total. The zero-order valence-corrected chi connectivity index (χ0v) is 18.5. The maximum absolute atomic E-state index is 12.8. The van der Waals surface area contributed by atoms with Gasteiger partial charge in [0.05, 0.1) is 23.7 Å². The lowest BCUT2D eigenvalue weighted by Gasteiger charge is -2.34. The Bertz CT molecular complexity index is 1020. The largest absolute Gasteiger partial charge is 0.360 e. The van der Waals surface area contributed by atoms with Crippen LogP contribution in [-0.4, -0.2) is 62.3 Å². The quantitative estimate of drug-likeness (QED) is 0.565. The van der Waals surface area contributed by atoms with Gasteiger partial charge in [-0.15, -0.1) is 0 Å². The van der Waals surface area contributed by atoms with Gasteiger partial charge in [-0.25, -0.2) is 4.98 Å². The van der Waals surface area contributed by atoms with Gasteiger partial charge in [-0.2, -0.15) is 0 Å². The zero-order valence-electron chi connectivity index (χ0n) is 17.7. The van der Waals surface area contributed by atoms with E-state index in [1.165, 1.54) is 22.9 Å². The van der Waals surface area contributed by atoms with Crippen molar-refractivity contribution in [2.45, 2.75) is 32.5 Å². The molecule has 30 heavy (non-hydrogen) atoms. The summed E-state index contributed by atoms with van der Waals surface area (Å²) in [5.41, 5.74) is 4.40. The fourth-order valence-electron chi connectivity index (χ4n) is 3.64. The smallest absolute Gasteiger partial charge is 0.233 e. The van der Waals surface area contributed by atoms with Crippen LogP contribution in [0, 0.1) is 20.8 Å². The van der Waals surface area contributed by atoms with Crippen molar-refractivity contribution in [3.63, 3.8) is 0 Å². The van der Waals surface area contributed by atoms with Crippen LogP contribution in [0.3, 0.4) is 0 Å². The van der Waals surface area contributed by atoms with Crippen molar-refractivity contribution in [2.75, 3.05) is 31.9 Å². The molecule has 0 bridgehead atoms. The number of aromatic nitrogens is 3. The summed E-state index contributed by atoms with van der Waals surface area (Å²) in [5, 5.41) is 4.78. The van der Waals surface area contributed by atoms with Gasteiger partial charge in [0.15, 0.2) is 10.9 Å². The number of aryl methyl sites for hydroxylation is 3. The molecule has 0 radical (unpaired) electrons. The first-order valence-corrected chi connectivity index (χ1v) is 11.1. The lowest BCUT2D eigenvalue weighted by atomic mass is 10.1. The Morgan fingerprint density at radius 3 is 2.67 bits per heavy atom. The number of hydrogen-bond acceptors (Lipinski definition) is 6. The summed E-state index contributed by atoms with van der Waals surface area (Å²) in [6, 6.07) is 8.34. The minimum atomic E-state index is 0.158. The maximum Gasteiger partial charge on any atom is 0.233 e. The standard InChI is InChI=1S/C22H27N5O2S/c1-16-4-5-17(2)20(12-16)27-7-6-23-22(27)30-15-21(28)26-10-8-25(9-11-26)14-19-13-18(3)24-29-19/h4-7,12-13H,8-11,14-15H2,1-3H3. The van der Waals surface area contributed by atoms with Crippen molar-refractivity contribution in [3.8, 4) is 5.69 Å². The molecule has 1 aliphatic heterocycles. The van der Waals surface area contributed by atoms with Crippen molar-refractivity contribution in [3.05, 3.63) is 59.2 Å². The third kappa shape index (κ3) is 4.76. The van der Waals surface area contributed by atoms with Crippen LogP contribution in [-0.2, 0) is 11.3 Å². The number of benzene rings is 1. The molecule has 8 heteroatoms. The minimum Gasteiger partial charge on any atom is -0.360 e. The third-order valence-corrected chi connectivity index (χ3v) is 6.29. The topological polar surface area (TPSA) is 67.4 Å². The molecule has 1 saturated heterocycles. The number of nitrogens with zero attached hydrogens (tertiary/aromatic N) is 5. The van der Waals surface area contributed by atoms with Gasteiger partial charge in [-0.3, -0.25) is 14.3 Å². The molecule has 1 aromatic carbocycles. The lowest BCUT2D eigenvalue weighted by molar-refractivity contribution is -0.130. The van der Waals surface area contributed by atoms with E-state index >= 15 is 0 Å². The highest BCUT2D eigenvalue weighted by molar-refractivity contribution is 7.99. The molecule has 0 atom stereocenters. The van der Waals surface area contributed by atoms with Crippen LogP contribution >= 0.6 is 11.8 Å². The molecule has 1 aliphatic rings. The van der Waals surface area contributed by atoms with Gasteiger partial charge in [0.25, 0.3) is 0 Å². The van der Waals surface area contributed by atoms with Crippen molar-refractivity contribution in [1.29, 1.82) is 0 Å². The van der Waals surface area contributed by atoms with Gasteiger partial charge in [0.2, 0.25) is 5.91 Å². The van der Waals surface area contributed by atoms with E-state index in [9.17, 15) is 4.79 Å². The Morgan fingerprint density at radius 2 is 1.93 bits per heavy atom. The number of carbonyl (C=O) groups excluding carboxylic acids is 1. The Morgan fingerprint density at radius 1 is 1.13 bits per heavy atom. The minimum absolute atomic E-state index is 0.158. The van der Waals surface area contributed by atoms with Crippen LogP contribution < -0.4 is 0 Å². The van der Waals surface area contributed by atoms with E-state index in [2.05, 4.69) is 51.7 Å². The number of carbonyl (C=O) groups is 1. The van der Waals surface area contributed by atoms with Gasteiger partial charge >= 0.3 is 0 Å². The first-order chi connectivity index (χ1) is 14.5. The summed E-state index contributed by atoms with van der Waals surface area (Å²) < 4.78 is 7.37. The van der Waals surface area contributed by atoms with Crippen molar-refractivity contribution >= 4 is 17.7 Å². The third-order valence-electron chi connectivity index (χ3n) is 5.34. The number of imidazole rings is 1. The molecule has 0 aliphatic carbocycles. The van der Waals surface area contributed by atoms with Crippen molar-refractivity contribution < 1.29 is 9.32 Å². The van der Waals surface area contributed by atoms with Crippen LogP contribution in [0.5, 0.6) is 0 Å². The highest BCUT2D eigenvalue weighted by Gasteiger charge is 2.22. The summed E-state index contributed by atoms with van der Waals surface area (Å²) in [6.45, 7) is 9.99. The SMILES string of the molecule is Cc1ccc(C)c(-n2ccnc2SCC(=O)N2CCN(Cc3cc(C)no3)CC2)c1. The fraction of sp³-hybridized carbons (Fsp3) is 0.409. The summed E-state index contributed by atoms with van der Waals surface area (Å²) in [6.07, 6.45) is 3.75. The van der Waals surface area contributed by atoms with Crippen LogP contribution in [0.15, 0.2) is 46.3 Å². The van der Waals surface area contributed by atoms with E-state index in [-0.39, 0.29) is 5.91 Å². The highest BCUT2D eigenvalue weighted by atomic mass is 32.2. The molecule has 0 spiro atoms. The van der Waals surface area contributed by atoms with Gasteiger partial charge in [0.1, 0.15) is 0 Å². The number of amides is 1.